The maximum absolute atomic E-state index is 13.2. The Kier molecular flexibility index (Phi) is 6.88. The van der Waals surface area contributed by atoms with E-state index >= 15 is 0 Å². The molecule has 7 nitrogen and oxygen atoms in total. The predicted molar refractivity (Wildman–Crippen MR) is 133 cm³/mol. The van der Waals surface area contributed by atoms with Crippen molar-refractivity contribution in [2.24, 2.45) is 17.3 Å². The van der Waals surface area contributed by atoms with Crippen LogP contribution in [0, 0.1) is 17.3 Å². The Balaban J connectivity index is 1.40. The normalized spacial score (nSPS) is 17.1. The van der Waals surface area contributed by atoms with Crippen molar-refractivity contribution in [3.8, 4) is 11.1 Å². The van der Waals surface area contributed by atoms with Gasteiger partial charge in [-0.3, -0.25) is 9.59 Å². The van der Waals surface area contributed by atoms with E-state index in [4.69, 9.17) is 4.74 Å². The second-order valence-electron chi connectivity index (χ2n) is 10.9. The zero-order chi connectivity index (χ0) is 25.3. The number of hydrogen-bond donors (Lipinski definition) is 2. The van der Waals surface area contributed by atoms with Gasteiger partial charge in [0.05, 0.1) is 5.92 Å². The summed E-state index contributed by atoms with van der Waals surface area (Å²) >= 11 is 0. The van der Waals surface area contributed by atoms with E-state index in [1.54, 1.807) is 11.8 Å². The summed E-state index contributed by atoms with van der Waals surface area (Å²) in [6.45, 7) is 8.65. The second-order valence-corrected chi connectivity index (χ2v) is 10.9. The molecule has 4 rings (SSSR count). The Bertz CT molecular complexity index is 1070. The third kappa shape index (κ3) is 5.34. The molecule has 2 atom stereocenters. The lowest BCUT2D eigenvalue weighted by Crippen LogP contribution is -2.59. The number of carbonyl (C=O) groups is 3. The third-order valence-electron chi connectivity index (χ3n) is 7.07. The average Bonchev–Trinajstić information content (AvgIpc) is 3.09. The number of likely N-dealkylation sites (tertiary alicyclic amines) is 1. The minimum atomic E-state index is -0.856. The van der Waals surface area contributed by atoms with Crippen molar-refractivity contribution in [3.63, 3.8) is 0 Å². The Morgan fingerprint density at radius 2 is 1.57 bits per heavy atom. The number of nitrogens with zero attached hydrogens (tertiary/aromatic N) is 1. The van der Waals surface area contributed by atoms with Crippen LogP contribution >= 0.6 is 0 Å². The minimum Gasteiger partial charge on any atom is -0.481 e. The first-order valence-corrected chi connectivity index (χ1v) is 12.2. The molecule has 1 heterocycles. The number of hydrogen-bond acceptors (Lipinski definition) is 4. The van der Waals surface area contributed by atoms with Crippen LogP contribution in [-0.4, -0.2) is 53.7 Å². The molecular formula is C28H34N2O5. The number of alkyl carbamates (subject to hydrolysis) is 1. The van der Waals surface area contributed by atoms with E-state index in [0.717, 1.165) is 22.3 Å². The van der Waals surface area contributed by atoms with Crippen molar-refractivity contribution < 1.29 is 24.2 Å². The summed E-state index contributed by atoms with van der Waals surface area (Å²) < 4.78 is 5.66. The number of nitrogens with one attached hydrogen (secondary N) is 1. The molecule has 2 aliphatic rings. The van der Waals surface area contributed by atoms with Crippen LogP contribution in [0.1, 0.15) is 51.2 Å². The monoisotopic (exact) mass is 478 g/mol. The van der Waals surface area contributed by atoms with E-state index in [0.29, 0.717) is 19.5 Å². The number of carboxylic acids is 1. The second kappa shape index (κ2) is 9.72. The standard InChI is InChI=1S/C28H34N2O5/c1-17(26(32)33)18-14-30(15-18)25(31)24(13-28(2,3)4)29-27(34)35-16-23-21-11-7-5-9-19(21)20-10-6-8-12-22(20)23/h5-12,17-18,23-24H,13-16H2,1-4H3,(H,29,34)(H,32,33). The van der Waals surface area contributed by atoms with E-state index in [-0.39, 0.29) is 29.8 Å². The van der Waals surface area contributed by atoms with Gasteiger partial charge in [-0.25, -0.2) is 4.79 Å². The van der Waals surface area contributed by atoms with Gasteiger partial charge in [0.25, 0.3) is 0 Å². The molecule has 0 bridgehead atoms. The van der Waals surface area contributed by atoms with E-state index in [9.17, 15) is 19.5 Å². The first-order chi connectivity index (χ1) is 16.5. The van der Waals surface area contributed by atoms with Gasteiger partial charge < -0.3 is 20.1 Å². The first-order valence-electron chi connectivity index (χ1n) is 12.2. The number of ether oxygens (including phenoxy) is 1. The van der Waals surface area contributed by atoms with Crippen LogP contribution in [0.15, 0.2) is 48.5 Å². The van der Waals surface area contributed by atoms with Crippen molar-refractivity contribution >= 4 is 18.0 Å². The Hall–Kier alpha value is -3.35. The highest BCUT2D eigenvalue weighted by Gasteiger charge is 2.40. The van der Waals surface area contributed by atoms with Gasteiger partial charge >= 0.3 is 12.1 Å². The van der Waals surface area contributed by atoms with Gasteiger partial charge in [0.2, 0.25) is 5.91 Å². The van der Waals surface area contributed by atoms with Gasteiger partial charge in [-0.2, -0.15) is 0 Å². The molecule has 0 spiro atoms. The lowest BCUT2D eigenvalue weighted by Gasteiger charge is -2.43. The summed E-state index contributed by atoms with van der Waals surface area (Å²) in [5.74, 6) is -1.68. The van der Waals surface area contributed by atoms with Gasteiger partial charge in [0.15, 0.2) is 0 Å². The fourth-order valence-corrected chi connectivity index (χ4v) is 5.03. The molecule has 1 aliphatic carbocycles. The maximum atomic E-state index is 13.2. The van der Waals surface area contributed by atoms with Crippen LogP contribution < -0.4 is 5.32 Å². The van der Waals surface area contributed by atoms with Crippen LogP contribution in [0.4, 0.5) is 4.79 Å². The number of rotatable bonds is 7. The number of amides is 2. The summed E-state index contributed by atoms with van der Waals surface area (Å²) in [4.78, 5) is 38.9. The number of fused-ring (bicyclic) bond motifs is 3. The van der Waals surface area contributed by atoms with Crippen LogP contribution in [-0.2, 0) is 14.3 Å². The van der Waals surface area contributed by atoms with Crippen molar-refractivity contribution in [1.29, 1.82) is 0 Å². The van der Waals surface area contributed by atoms with E-state index in [1.807, 2.05) is 45.0 Å². The summed E-state index contributed by atoms with van der Waals surface area (Å²) in [6.07, 6.45) is -0.170. The van der Waals surface area contributed by atoms with Crippen molar-refractivity contribution in [3.05, 3.63) is 59.7 Å². The first kappa shape index (κ1) is 24.8. The zero-order valence-corrected chi connectivity index (χ0v) is 20.8. The molecular weight excluding hydrogens is 444 g/mol. The molecule has 7 heteroatoms. The minimum absolute atomic E-state index is 0.0569. The summed E-state index contributed by atoms with van der Waals surface area (Å²) in [5, 5.41) is 12.0. The number of aliphatic carboxylic acids is 1. The topological polar surface area (TPSA) is 95.9 Å². The van der Waals surface area contributed by atoms with Gasteiger partial charge in [-0.05, 0) is 34.1 Å². The molecule has 186 valence electrons. The Labute approximate surface area is 206 Å². The van der Waals surface area contributed by atoms with Gasteiger partial charge in [0.1, 0.15) is 12.6 Å². The molecule has 1 saturated heterocycles. The molecule has 2 amide bonds. The van der Waals surface area contributed by atoms with E-state index < -0.39 is 24.0 Å². The molecule has 35 heavy (non-hydrogen) atoms. The molecule has 2 aromatic carbocycles. The number of carboxylic acid groups (broad SMARTS) is 1. The molecule has 0 saturated carbocycles. The maximum Gasteiger partial charge on any atom is 0.407 e. The molecule has 1 aliphatic heterocycles. The summed E-state index contributed by atoms with van der Waals surface area (Å²) in [7, 11) is 0. The molecule has 2 unspecified atom stereocenters. The molecule has 2 aromatic rings. The fourth-order valence-electron chi connectivity index (χ4n) is 5.03. The van der Waals surface area contributed by atoms with Crippen molar-refractivity contribution in [1.82, 2.24) is 10.2 Å². The SMILES string of the molecule is CC(C(=O)O)C1CN(C(=O)C(CC(C)(C)C)NC(=O)OCC2c3ccccc3-c3ccccc32)C1. The lowest BCUT2D eigenvalue weighted by molar-refractivity contribution is -0.151. The molecule has 0 aromatic heterocycles. The third-order valence-corrected chi connectivity index (χ3v) is 7.07. The van der Waals surface area contributed by atoms with E-state index in [2.05, 4.69) is 29.6 Å². The lowest BCUT2D eigenvalue weighted by atomic mass is 9.84. The van der Waals surface area contributed by atoms with Gasteiger partial charge in [-0.15, -0.1) is 0 Å². The zero-order valence-electron chi connectivity index (χ0n) is 20.8. The summed E-state index contributed by atoms with van der Waals surface area (Å²) in [5.41, 5.74) is 4.36. The Morgan fingerprint density at radius 1 is 1.03 bits per heavy atom. The van der Waals surface area contributed by atoms with Crippen molar-refractivity contribution in [2.75, 3.05) is 19.7 Å². The average molecular weight is 479 g/mol. The number of benzene rings is 2. The van der Waals surface area contributed by atoms with E-state index in [1.165, 1.54) is 0 Å². The van der Waals surface area contributed by atoms with Crippen LogP contribution in [0.5, 0.6) is 0 Å². The fraction of sp³-hybridized carbons (Fsp3) is 0.464. The highest BCUT2D eigenvalue weighted by molar-refractivity contribution is 5.86. The van der Waals surface area contributed by atoms with Crippen LogP contribution in [0.3, 0.4) is 0 Å². The molecule has 0 radical (unpaired) electrons. The quantitative estimate of drug-likeness (QED) is 0.611. The Morgan fingerprint density at radius 3 is 2.09 bits per heavy atom. The number of carbonyl (C=O) groups excluding carboxylic acids is 2. The van der Waals surface area contributed by atoms with Gasteiger partial charge in [0, 0.05) is 24.9 Å². The van der Waals surface area contributed by atoms with Crippen LogP contribution in [0.25, 0.3) is 11.1 Å². The largest absolute Gasteiger partial charge is 0.481 e. The highest BCUT2D eigenvalue weighted by Crippen LogP contribution is 2.44. The molecule has 2 N–H and O–H groups in total. The molecule has 1 fully saturated rings. The predicted octanol–water partition coefficient (Wildman–Crippen LogP) is 4.51. The smallest absolute Gasteiger partial charge is 0.407 e. The van der Waals surface area contributed by atoms with Crippen molar-refractivity contribution in [2.45, 2.75) is 46.1 Å². The summed E-state index contributed by atoms with van der Waals surface area (Å²) in [6, 6.07) is 15.5. The highest BCUT2D eigenvalue weighted by atomic mass is 16.5. The van der Waals surface area contributed by atoms with Crippen LogP contribution in [0.2, 0.25) is 0 Å². The van der Waals surface area contributed by atoms with Gasteiger partial charge in [-0.1, -0.05) is 76.2 Å².